The van der Waals surface area contributed by atoms with E-state index in [1.54, 1.807) is 30.2 Å². The number of hydrogen-bond donors (Lipinski definition) is 2. The highest BCUT2D eigenvalue weighted by Crippen LogP contribution is 2.49. The lowest BCUT2D eigenvalue weighted by Crippen LogP contribution is -2.22. The van der Waals surface area contributed by atoms with E-state index < -0.39 is 17.8 Å². The zero-order chi connectivity index (χ0) is 31.9. The molecule has 11 heteroatoms. The maximum Gasteiger partial charge on any atom is 0.258 e. The van der Waals surface area contributed by atoms with Crippen molar-refractivity contribution in [3.63, 3.8) is 0 Å². The third kappa shape index (κ3) is 5.50. The summed E-state index contributed by atoms with van der Waals surface area (Å²) in [6, 6.07) is 17.5. The Hall–Kier alpha value is -4.74. The molecule has 1 fully saturated rings. The van der Waals surface area contributed by atoms with Crippen molar-refractivity contribution in [2.24, 2.45) is 5.73 Å². The van der Waals surface area contributed by atoms with Crippen LogP contribution in [0, 0.1) is 12.7 Å². The lowest BCUT2D eigenvalue weighted by atomic mass is 9.92. The molecule has 0 saturated carbocycles. The van der Waals surface area contributed by atoms with E-state index in [-0.39, 0.29) is 24.3 Å². The molecular weight excluding hydrogens is 605 g/mol. The number of carbonyl (C=O) groups is 2. The minimum atomic E-state index is -1.01. The van der Waals surface area contributed by atoms with Crippen molar-refractivity contribution in [1.29, 1.82) is 0 Å². The van der Waals surface area contributed by atoms with Gasteiger partial charge in [0.2, 0.25) is 11.8 Å². The summed E-state index contributed by atoms with van der Waals surface area (Å²) < 4.78 is 19.3. The largest absolute Gasteiger partial charge is 0.421 e. The van der Waals surface area contributed by atoms with Crippen molar-refractivity contribution >= 4 is 23.2 Å². The molecule has 5 aromatic rings. The van der Waals surface area contributed by atoms with Gasteiger partial charge in [-0.3, -0.25) is 14.6 Å². The molecule has 5 heterocycles. The normalized spacial score (nSPS) is 16.9. The number of nitrogens with two attached hydrogens (primary N) is 1. The van der Waals surface area contributed by atoms with E-state index in [0.717, 1.165) is 24.2 Å². The van der Waals surface area contributed by atoms with Gasteiger partial charge in [-0.2, -0.15) is 0 Å². The van der Waals surface area contributed by atoms with Gasteiger partial charge in [-0.05, 0) is 73.1 Å². The number of thiophene rings is 1. The molecule has 3 aliphatic rings. The Morgan fingerprint density at radius 3 is 2.43 bits per heavy atom. The summed E-state index contributed by atoms with van der Waals surface area (Å²) in [5.74, 6) is -0.646. The maximum absolute atomic E-state index is 13.6. The average molecular weight is 638 g/mol. The van der Waals surface area contributed by atoms with Crippen LogP contribution in [-0.4, -0.2) is 43.5 Å². The first-order valence-electron chi connectivity index (χ1n) is 15.4. The fourth-order valence-electron chi connectivity index (χ4n) is 6.68. The third-order valence-corrected chi connectivity index (χ3v) is 9.95. The van der Waals surface area contributed by atoms with Gasteiger partial charge in [0.15, 0.2) is 0 Å². The Kier molecular flexibility index (Phi) is 7.95. The second kappa shape index (κ2) is 12.2. The number of nitrogens with zero attached hydrogens (tertiary/aromatic N) is 4. The van der Waals surface area contributed by atoms with Crippen molar-refractivity contribution in [2.45, 2.75) is 57.6 Å². The van der Waals surface area contributed by atoms with Crippen LogP contribution in [0.25, 0.3) is 21.9 Å². The Labute approximate surface area is 268 Å². The van der Waals surface area contributed by atoms with Gasteiger partial charge >= 0.3 is 0 Å². The number of primary amides is 1. The highest BCUT2D eigenvalue weighted by molar-refractivity contribution is 7.17. The molecule has 2 atom stereocenters. The van der Waals surface area contributed by atoms with Gasteiger partial charge in [0.05, 0.1) is 39.5 Å². The lowest BCUT2D eigenvalue weighted by Gasteiger charge is -2.18. The Balaban J connectivity index is 0.000000321. The predicted octanol–water partition coefficient (Wildman–Crippen LogP) is 6.15. The molecule has 2 aliphatic heterocycles. The van der Waals surface area contributed by atoms with E-state index in [9.17, 15) is 19.1 Å². The molecule has 9 nitrogen and oxygen atoms in total. The average Bonchev–Trinajstić information content (AvgIpc) is 3.89. The smallest absolute Gasteiger partial charge is 0.258 e. The van der Waals surface area contributed by atoms with Crippen molar-refractivity contribution in [3.05, 3.63) is 111 Å². The SMILES string of the molecule is Cc1nnc(-c2c(CC(O)c3ccc(F)cc3)nc3c(c2-c2ccc(C(N)=O)s2)C(=O)N2CCCC32)o1.c1ccc2c(c1)CCC2. The number of amides is 2. The van der Waals surface area contributed by atoms with E-state index in [2.05, 4.69) is 34.5 Å². The number of aromatic nitrogens is 3. The van der Waals surface area contributed by atoms with E-state index in [0.29, 0.717) is 55.8 Å². The number of aliphatic hydroxyl groups is 1. The number of halogens is 1. The van der Waals surface area contributed by atoms with Crippen LogP contribution in [-0.2, 0) is 19.3 Å². The summed E-state index contributed by atoms with van der Waals surface area (Å²) in [5.41, 5.74) is 11.7. The number of benzene rings is 2. The number of hydrogen-bond acceptors (Lipinski definition) is 8. The Morgan fingerprint density at radius 1 is 1.04 bits per heavy atom. The molecule has 0 bridgehead atoms. The van der Waals surface area contributed by atoms with Crippen LogP contribution in [0.2, 0.25) is 0 Å². The summed E-state index contributed by atoms with van der Waals surface area (Å²) >= 11 is 1.16. The van der Waals surface area contributed by atoms with Crippen molar-refractivity contribution in [2.75, 3.05) is 6.54 Å². The molecule has 0 spiro atoms. The zero-order valence-corrected chi connectivity index (χ0v) is 26.0. The Morgan fingerprint density at radius 2 is 1.78 bits per heavy atom. The van der Waals surface area contributed by atoms with Crippen molar-refractivity contribution in [1.82, 2.24) is 20.1 Å². The van der Waals surface area contributed by atoms with Crippen LogP contribution in [0.5, 0.6) is 0 Å². The molecular formula is C35H32FN5O4S. The van der Waals surface area contributed by atoms with Gasteiger partial charge in [-0.1, -0.05) is 36.4 Å². The summed E-state index contributed by atoms with van der Waals surface area (Å²) in [4.78, 5) is 33.2. The molecule has 3 aromatic heterocycles. The molecule has 3 N–H and O–H groups in total. The molecule has 0 radical (unpaired) electrons. The standard InChI is InChI=1S/C26H22FN5O4S.C9H10/c1-12-30-31-25(36-12)20-15(11-17(33)13-4-6-14(27)7-5-13)29-23-16-3-2-10-32(16)26(35)22(23)21(20)18-8-9-19(37-18)24(28)34;1-2-5-9-7-3-6-8(9)4-1/h4-9,16-17,33H,2-3,10-11H2,1H3,(H2,28,34);1-2,4-5H,3,6-7H2. The first kappa shape index (κ1) is 29.9. The molecule has 8 rings (SSSR count). The topological polar surface area (TPSA) is 135 Å². The first-order chi connectivity index (χ1) is 22.3. The van der Waals surface area contributed by atoms with Gasteiger partial charge in [0.25, 0.3) is 11.8 Å². The minimum absolute atomic E-state index is 0.0532. The molecule has 1 aliphatic carbocycles. The zero-order valence-electron chi connectivity index (χ0n) is 25.2. The fraction of sp³-hybridized carbons (Fsp3) is 0.286. The highest BCUT2D eigenvalue weighted by Gasteiger charge is 2.45. The maximum atomic E-state index is 13.6. The van der Waals surface area contributed by atoms with E-state index in [1.807, 2.05) is 4.90 Å². The minimum Gasteiger partial charge on any atom is -0.421 e. The second-order valence-electron chi connectivity index (χ2n) is 11.8. The molecule has 2 amide bonds. The monoisotopic (exact) mass is 637 g/mol. The number of rotatable bonds is 6. The van der Waals surface area contributed by atoms with Crippen LogP contribution in [0.4, 0.5) is 4.39 Å². The van der Waals surface area contributed by atoms with E-state index in [4.69, 9.17) is 15.1 Å². The van der Waals surface area contributed by atoms with Crippen LogP contribution in [0.3, 0.4) is 0 Å². The fourth-order valence-corrected chi connectivity index (χ4v) is 7.59. The van der Waals surface area contributed by atoms with Crippen LogP contribution in [0.15, 0.2) is 65.1 Å². The van der Waals surface area contributed by atoms with Gasteiger partial charge in [0, 0.05) is 30.3 Å². The van der Waals surface area contributed by atoms with E-state index >= 15 is 0 Å². The second-order valence-corrected chi connectivity index (χ2v) is 12.9. The number of carbonyl (C=O) groups excluding carboxylic acids is 2. The van der Waals surface area contributed by atoms with Gasteiger partial charge in [0.1, 0.15) is 5.82 Å². The summed E-state index contributed by atoms with van der Waals surface area (Å²) in [5, 5.41) is 19.3. The Bertz CT molecular complexity index is 1930. The molecule has 46 heavy (non-hydrogen) atoms. The third-order valence-electron chi connectivity index (χ3n) is 8.83. The predicted molar refractivity (Wildman–Crippen MR) is 171 cm³/mol. The quantitative estimate of drug-likeness (QED) is 0.228. The molecule has 2 unspecified atom stereocenters. The summed E-state index contributed by atoms with van der Waals surface area (Å²) in [7, 11) is 0. The molecule has 1 saturated heterocycles. The van der Waals surface area contributed by atoms with Gasteiger partial charge in [-0.25, -0.2) is 4.39 Å². The van der Waals surface area contributed by atoms with E-state index in [1.165, 1.54) is 43.5 Å². The summed E-state index contributed by atoms with van der Waals surface area (Å²) in [6.07, 6.45) is 4.66. The van der Waals surface area contributed by atoms with Gasteiger partial charge < -0.3 is 20.2 Å². The van der Waals surface area contributed by atoms with Gasteiger partial charge in [-0.15, -0.1) is 21.5 Å². The lowest BCUT2D eigenvalue weighted by molar-refractivity contribution is 0.0776. The summed E-state index contributed by atoms with van der Waals surface area (Å²) in [6.45, 7) is 2.28. The number of pyridine rings is 1. The van der Waals surface area contributed by atoms with Crippen molar-refractivity contribution < 1.29 is 23.5 Å². The van der Waals surface area contributed by atoms with Crippen molar-refractivity contribution in [3.8, 4) is 21.9 Å². The van der Waals surface area contributed by atoms with Crippen LogP contribution >= 0.6 is 11.3 Å². The highest BCUT2D eigenvalue weighted by atomic mass is 32.1. The number of fused-ring (bicyclic) bond motifs is 4. The number of aryl methyl sites for hydroxylation is 3. The number of aliphatic hydroxyl groups excluding tert-OH is 1. The first-order valence-corrected chi connectivity index (χ1v) is 16.2. The van der Waals surface area contributed by atoms with Crippen LogP contribution < -0.4 is 5.73 Å². The molecule has 234 valence electrons. The molecule has 2 aromatic carbocycles. The van der Waals surface area contributed by atoms with Crippen LogP contribution in [0.1, 0.15) is 85.4 Å².